The number of anilines is 2. The van der Waals surface area contributed by atoms with Crippen LogP contribution in [0.5, 0.6) is 5.75 Å². The average molecular weight is 441 g/mol. The second-order valence-corrected chi connectivity index (χ2v) is 8.21. The van der Waals surface area contributed by atoms with Crippen molar-refractivity contribution in [1.82, 2.24) is 4.98 Å². The van der Waals surface area contributed by atoms with Crippen LogP contribution in [0.4, 0.5) is 15.2 Å². The molecular formula is C18H11Cl2FN2O4S. The maximum atomic E-state index is 13.9. The van der Waals surface area contributed by atoms with Crippen molar-refractivity contribution in [2.24, 2.45) is 0 Å². The number of rotatable bonds is 3. The molecule has 1 unspecified atom stereocenters. The third-order valence-corrected chi connectivity index (χ3v) is 5.95. The van der Waals surface area contributed by atoms with Crippen LogP contribution in [0.25, 0.3) is 10.2 Å². The minimum atomic E-state index is -1.68. The third kappa shape index (κ3) is 3.07. The van der Waals surface area contributed by atoms with Gasteiger partial charge >= 0.3 is 5.97 Å². The predicted octanol–water partition coefficient (Wildman–Crippen LogP) is 5.03. The highest BCUT2D eigenvalue weighted by molar-refractivity contribution is 7.23. The Bertz CT molecular complexity index is 1150. The topological polar surface area (TPSA) is 79.7 Å². The number of amides is 1. The summed E-state index contributed by atoms with van der Waals surface area (Å²) in [5.74, 6) is -2.29. The van der Waals surface area contributed by atoms with Gasteiger partial charge in [-0.3, -0.25) is 9.59 Å². The molecule has 6 nitrogen and oxygen atoms in total. The number of hydrogen-bond acceptors (Lipinski definition) is 5. The fourth-order valence-electron chi connectivity index (χ4n) is 3.02. The number of carboxylic acids is 1. The van der Waals surface area contributed by atoms with Crippen LogP contribution in [0.3, 0.4) is 0 Å². The van der Waals surface area contributed by atoms with Crippen LogP contribution in [0.1, 0.15) is 13.3 Å². The van der Waals surface area contributed by atoms with E-state index in [1.54, 1.807) is 12.1 Å². The van der Waals surface area contributed by atoms with E-state index in [1.807, 2.05) is 0 Å². The molecule has 28 heavy (non-hydrogen) atoms. The van der Waals surface area contributed by atoms with Gasteiger partial charge in [0.05, 0.1) is 27.3 Å². The maximum absolute atomic E-state index is 13.9. The number of nitrogens with zero attached hydrogens (tertiary/aromatic N) is 2. The number of thiazole rings is 1. The largest absolute Gasteiger partial charge is 0.481 e. The molecule has 0 saturated carbocycles. The van der Waals surface area contributed by atoms with E-state index in [0.29, 0.717) is 20.3 Å². The summed E-state index contributed by atoms with van der Waals surface area (Å²) in [6, 6.07) is 6.80. The van der Waals surface area contributed by atoms with Crippen LogP contribution >= 0.6 is 34.5 Å². The highest BCUT2D eigenvalue weighted by Gasteiger charge is 2.48. The zero-order valence-electron chi connectivity index (χ0n) is 14.2. The molecule has 1 aliphatic heterocycles. The molecule has 0 bridgehead atoms. The highest BCUT2D eigenvalue weighted by atomic mass is 35.5. The van der Waals surface area contributed by atoms with E-state index in [4.69, 9.17) is 27.9 Å². The van der Waals surface area contributed by atoms with E-state index >= 15 is 0 Å². The van der Waals surface area contributed by atoms with Crippen molar-refractivity contribution >= 4 is 67.5 Å². The van der Waals surface area contributed by atoms with Crippen molar-refractivity contribution < 1.29 is 23.8 Å². The summed E-state index contributed by atoms with van der Waals surface area (Å²) < 4.78 is 20.1. The lowest BCUT2D eigenvalue weighted by molar-refractivity contribution is -0.148. The highest BCUT2D eigenvalue weighted by Crippen LogP contribution is 2.46. The van der Waals surface area contributed by atoms with Gasteiger partial charge < -0.3 is 9.84 Å². The monoisotopic (exact) mass is 440 g/mol. The molecule has 0 aliphatic carbocycles. The molecule has 1 N–H and O–H groups in total. The summed E-state index contributed by atoms with van der Waals surface area (Å²) in [4.78, 5) is 30.1. The van der Waals surface area contributed by atoms with Crippen molar-refractivity contribution in [3.8, 4) is 5.75 Å². The van der Waals surface area contributed by atoms with Gasteiger partial charge in [-0.25, -0.2) is 14.3 Å². The van der Waals surface area contributed by atoms with Crippen molar-refractivity contribution in [2.75, 3.05) is 4.90 Å². The Morgan fingerprint density at radius 1 is 1.36 bits per heavy atom. The first-order valence-electron chi connectivity index (χ1n) is 7.98. The lowest BCUT2D eigenvalue weighted by Crippen LogP contribution is -2.53. The average Bonchev–Trinajstić information content (AvgIpc) is 2.99. The number of halogens is 3. The van der Waals surface area contributed by atoms with Gasteiger partial charge in [0.2, 0.25) is 0 Å². The number of aliphatic carboxylic acids is 1. The van der Waals surface area contributed by atoms with Gasteiger partial charge in [0, 0.05) is 11.1 Å². The normalized spacial score (nSPS) is 18.9. The van der Waals surface area contributed by atoms with Gasteiger partial charge in [0.1, 0.15) is 11.6 Å². The Morgan fingerprint density at radius 3 is 2.82 bits per heavy atom. The van der Waals surface area contributed by atoms with E-state index in [0.717, 1.165) is 17.4 Å². The lowest BCUT2D eigenvalue weighted by Gasteiger charge is -2.38. The summed E-state index contributed by atoms with van der Waals surface area (Å²) in [5, 5.41) is 10.2. The molecule has 2 heterocycles. The Labute approximate surface area is 172 Å². The first-order chi connectivity index (χ1) is 13.2. The number of carboxylic acid groups (broad SMARTS) is 1. The number of carbonyl (C=O) groups is 2. The molecule has 2 aromatic carbocycles. The number of fused-ring (bicyclic) bond motifs is 2. The number of benzene rings is 2. The molecule has 3 aromatic rings. The minimum Gasteiger partial charge on any atom is -0.481 e. The Kier molecular flexibility index (Phi) is 4.45. The minimum absolute atomic E-state index is 0.133. The van der Waals surface area contributed by atoms with Gasteiger partial charge in [-0.2, -0.15) is 0 Å². The van der Waals surface area contributed by atoms with E-state index in [2.05, 4.69) is 4.98 Å². The fraction of sp³-hybridized carbons (Fsp3) is 0.167. The SMILES string of the molecule is CC1(CC(=O)O)Oc2ccc(F)cc2N(c2nc3cc(Cl)cc(Cl)c3s2)C1=O. The van der Waals surface area contributed by atoms with Crippen molar-refractivity contribution in [3.63, 3.8) is 0 Å². The van der Waals surface area contributed by atoms with Crippen LogP contribution < -0.4 is 9.64 Å². The molecule has 144 valence electrons. The van der Waals surface area contributed by atoms with Gasteiger partial charge in [-0.15, -0.1) is 0 Å². The second kappa shape index (κ2) is 6.58. The van der Waals surface area contributed by atoms with E-state index in [-0.39, 0.29) is 16.6 Å². The van der Waals surface area contributed by atoms with Crippen molar-refractivity contribution in [1.29, 1.82) is 0 Å². The summed E-state index contributed by atoms with van der Waals surface area (Å²) in [6.07, 6.45) is -0.573. The molecule has 0 saturated heterocycles. The van der Waals surface area contributed by atoms with Gasteiger partial charge in [0.15, 0.2) is 10.7 Å². The molecule has 4 rings (SSSR count). The summed E-state index contributed by atoms with van der Waals surface area (Å²) >= 11 is 13.3. The van der Waals surface area contributed by atoms with Crippen LogP contribution in [0.2, 0.25) is 10.0 Å². The van der Waals surface area contributed by atoms with Crippen molar-refractivity contribution in [2.45, 2.75) is 18.9 Å². The number of hydrogen-bond donors (Lipinski definition) is 1. The summed E-state index contributed by atoms with van der Waals surface area (Å²) in [5.41, 5.74) is -1.08. The second-order valence-electron chi connectivity index (χ2n) is 6.39. The van der Waals surface area contributed by atoms with Gasteiger partial charge in [-0.05, 0) is 31.2 Å². The number of aromatic nitrogens is 1. The number of carbonyl (C=O) groups excluding carboxylic acids is 1. The van der Waals surface area contributed by atoms with E-state index in [1.165, 1.54) is 24.0 Å². The first kappa shape index (κ1) is 18.9. The molecule has 0 radical (unpaired) electrons. The third-order valence-electron chi connectivity index (χ3n) is 4.23. The fourth-order valence-corrected chi connectivity index (χ4v) is 4.58. The molecular weight excluding hydrogens is 430 g/mol. The van der Waals surface area contributed by atoms with Crippen LogP contribution in [-0.2, 0) is 9.59 Å². The summed E-state index contributed by atoms with van der Waals surface area (Å²) in [7, 11) is 0. The lowest BCUT2D eigenvalue weighted by atomic mass is 9.97. The quantitative estimate of drug-likeness (QED) is 0.617. The molecule has 1 aliphatic rings. The van der Waals surface area contributed by atoms with Gasteiger partial charge in [-0.1, -0.05) is 34.5 Å². The molecule has 1 atom stereocenters. The maximum Gasteiger partial charge on any atom is 0.307 e. The number of ether oxygens (including phenoxy) is 1. The Balaban J connectivity index is 1.93. The Morgan fingerprint density at radius 2 is 2.11 bits per heavy atom. The molecule has 1 aromatic heterocycles. The summed E-state index contributed by atoms with van der Waals surface area (Å²) in [6.45, 7) is 1.37. The zero-order chi connectivity index (χ0) is 20.2. The van der Waals surface area contributed by atoms with E-state index < -0.39 is 29.7 Å². The van der Waals surface area contributed by atoms with Crippen LogP contribution in [0.15, 0.2) is 30.3 Å². The Hall–Kier alpha value is -2.42. The first-order valence-corrected chi connectivity index (χ1v) is 9.56. The van der Waals surface area contributed by atoms with Crippen LogP contribution in [-0.4, -0.2) is 27.6 Å². The van der Waals surface area contributed by atoms with Crippen molar-refractivity contribution in [3.05, 3.63) is 46.2 Å². The van der Waals surface area contributed by atoms with E-state index in [9.17, 15) is 19.1 Å². The predicted molar refractivity (Wildman–Crippen MR) is 104 cm³/mol. The smallest absolute Gasteiger partial charge is 0.307 e. The molecule has 1 amide bonds. The zero-order valence-corrected chi connectivity index (χ0v) is 16.5. The molecule has 0 spiro atoms. The molecule has 10 heteroatoms. The standard InChI is InChI=1S/C18H11Cl2FN2O4S/c1-18(7-14(24)25)16(26)23(12-6-9(21)2-3-13(12)27-18)17-22-11-5-8(19)4-10(20)15(11)28-17/h2-6H,7H2,1H3,(H,24,25). The molecule has 0 fully saturated rings. The van der Waals surface area contributed by atoms with Gasteiger partial charge in [0.25, 0.3) is 5.91 Å². The van der Waals surface area contributed by atoms with Crippen LogP contribution in [0, 0.1) is 5.82 Å².